The van der Waals surface area contributed by atoms with Crippen LogP contribution in [0.3, 0.4) is 0 Å². The summed E-state index contributed by atoms with van der Waals surface area (Å²) >= 11 is 0. The van der Waals surface area contributed by atoms with Crippen LogP contribution < -0.4 is 0 Å². The van der Waals surface area contributed by atoms with Crippen molar-refractivity contribution in [2.24, 2.45) is 5.92 Å². The predicted octanol–water partition coefficient (Wildman–Crippen LogP) is 2.18. The van der Waals surface area contributed by atoms with Crippen LogP contribution in [0.4, 0.5) is 0 Å². The summed E-state index contributed by atoms with van der Waals surface area (Å²) in [5, 5.41) is 1.90. The number of rotatable bonds is 3. The van der Waals surface area contributed by atoms with Crippen molar-refractivity contribution >= 4 is 26.6 Å². The van der Waals surface area contributed by atoms with E-state index in [0.717, 1.165) is 10.8 Å². The second-order valence-electron chi connectivity index (χ2n) is 5.04. The van der Waals surface area contributed by atoms with Gasteiger partial charge in [0.25, 0.3) is 0 Å². The van der Waals surface area contributed by atoms with Gasteiger partial charge in [-0.05, 0) is 22.9 Å². The number of ether oxygens (including phenoxy) is 1. The molecule has 20 heavy (non-hydrogen) atoms. The molecule has 0 radical (unpaired) electrons. The number of cyclic esters (lactones) is 1. The van der Waals surface area contributed by atoms with E-state index in [1.807, 2.05) is 24.3 Å². The number of benzene rings is 2. The zero-order valence-electron chi connectivity index (χ0n) is 10.8. The molecule has 1 aliphatic rings. The molecule has 2 aromatic carbocycles. The monoisotopic (exact) mass is 290 g/mol. The highest BCUT2D eigenvalue weighted by Gasteiger charge is 2.29. The van der Waals surface area contributed by atoms with Crippen molar-refractivity contribution < 1.29 is 17.9 Å². The van der Waals surface area contributed by atoms with Crippen LogP contribution in [0.2, 0.25) is 0 Å². The normalized spacial score (nSPS) is 19.2. The van der Waals surface area contributed by atoms with Crippen LogP contribution in [0.1, 0.15) is 6.42 Å². The van der Waals surface area contributed by atoms with Crippen LogP contribution in [0.25, 0.3) is 10.8 Å². The van der Waals surface area contributed by atoms with Crippen molar-refractivity contribution in [3.05, 3.63) is 42.5 Å². The Morgan fingerprint density at radius 1 is 1.10 bits per heavy atom. The number of fused-ring (bicyclic) bond motifs is 1. The summed E-state index contributed by atoms with van der Waals surface area (Å²) in [4.78, 5) is 11.3. The minimum atomic E-state index is -3.39. The Morgan fingerprint density at radius 3 is 2.55 bits per heavy atom. The standard InChI is InChI=1S/C15H14O4S/c16-15-7-11(9-19-15)10-20(17,18)14-6-5-12-3-1-2-4-13(12)8-14/h1-6,8,11H,7,9-10H2. The zero-order valence-corrected chi connectivity index (χ0v) is 11.6. The van der Waals surface area contributed by atoms with E-state index in [1.165, 1.54) is 0 Å². The van der Waals surface area contributed by atoms with Gasteiger partial charge >= 0.3 is 5.97 Å². The molecule has 3 rings (SSSR count). The van der Waals surface area contributed by atoms with Gasteiger partial charge in [0.1, 0.15) is 0 Å². The number of hydrogen-bond donors (Lipinski definition) is 0. The van der Waals surface area contributed by atoms with Crippen LogP contribution in [0, 0.1) is 5.92 Å². The summed E-state index contributed by atoms with van der Waals surface area (Å²) in [5.74, 6) is -0.598. The fourth-order valence-corrected chi connectivity index (χ4v) is 4.05. The number of esters is 1. The van der Waals surface area contributed by atoms with Gasteiger partial charge in [-0.2, -0.15) is 0 Å². The van der Waals surface area contributed by atoms with Crippen molar-refractivity contribution in [1.29, 1.82) is 0 Å². The van der Waals surface area contributed by atoms with E-state index in [4.69, 9.17) is 4.74 Å². The number of sulfone groups is 1. The van der Waals surface area contributed by atoms with E-state index in [1.54, 1.807) is 18.2 Å². The third-order valence-electron chi connectivity index (χ3n) is 3.47. The first kappa shape index (κ1) is 13.1. The Hall–Kier alpha value is -1.88. The number of carbonyl (C=O) groups excluding carboxylic acids is 1. The van der Waals surface area contributed by atoms with Gasteiger partial charge in [-0.1, -0.05) is 30.3 Å². The second-order valence-corrected chi connectivity index (χ2v) is 7.08. The molecule has 4 nitrogen and oxygen atoms in total. The lowest BCUT2D eigenvalue weighted by atomic mass is 10.1. The average molecular weight is 290 g/mol. The summed E-state index contributed by atoms with van der Waals surface area (Å²) < 4.78 is 29.6. The molecule has 1 fully saturated rings. The van der Waals surface area contributed by atoms with Crippen molar-refractivity contribution in [3.8, 4) is 0 Å². The van der Waals surface area contributed by atoms with Gasteiger partial charge < -0.3 is 4.74 Å². The first-order chi connectivity index (χ1) is 9.54. The molecule has 0 aromatic heterocycles. The summed E-state index contributed by atoms with van der Waals surface area (Å²) in [7, 11) is -3.39. The lowest BCUT2D eigenvalue weighted by molar-refractivity contribution is -0.137. The first-order valence-electron chi connectivity index (χ1n) is 6.42. The highest BCUT2D eigenvalue weighted by Crippen LogP contribution is 2.23. The molecule has 0 bridgehead atoms. The number of hydrogen-bond acceptors (Lipinski definition) is 4. The van der Waals surface area contributed by atoms with Gasteiger partial charge in [0.2, 0.25) is 0 Å². The highest BCUT2D eigenvalue weighted by molar-refractivity contribution is 7.91. The Balaban J connectivity index is 1.90. The maximum atomic E-state index is 12.4. The maximum absolute atomic E-state index is 12.4. The lowest BCUT2D eigenvalue weighted by Gasteiger charge is -2.09. The Kier molecular flexibility index (Phi) is 3.22. The largest absolute Gasteiger partial charge is 0.465 e. The predicted molar refractivity (Wildman–Crippen MR) is 75.1 cm³/mol. The maximum Gasteiger partial charge on any atom is 0.306 e. The molecule has 5 heteroatoms. The molecule has 0 aliphatic carbocycles. The molecular weight excluding hydrogens is 276 g/mol. The summed E-state index contributed by atoms with van der Waals surface area (Å²) in [5.41, 5.74) is 0. The number of carbonyl (C=O) groups is 1. The second kappa shape index (κ2) is 4.90. The molecule has 0 spiro atoms. The molecule has 1 heterocycles. The fraction of sp³-hybridized carbons (Fsp3) is 0.267. The minimum absolute atomic E-state index is 0.0446. The molecule has 1 aliphatic heterocycles. The third-order valence-corrected chi connectivity index (χ3v) is 5.35. The van der Waals surface area contributed by atoms with Gasteiger partial charge in [0.05, 0.1) is 23.7 Å². The molecular formula is C15H14O4S. The van der Waals surface area contributed by atoms with Crippen molar-refractivity contribution in [3.63, 3.8) is 0 Å². The summed E-state index contributed by atoms with van der Waals surface area (Å²) in [6.45, 7) is 0.200. The van der Waals surface area contributed by atoms with Crippen molar-refractivity contribution in [2.45, 2.75) is 11.3 Å². The van der Waals surface area contributed by atoms with Crippen LogP contribution in [-0.2, 0) is 19.4 Å². The quantitative estimate of drug-likeness (QED) is 0.813. The van der Waals surface area contributed by atoms with Crippen LogP contribution in [-0.4, -0.2) is 26.7 Å². The molecule has 0 saturated carbocycles. The van der Waals surface area contributed by atoms with E-state index in [-0.39, 0.29) is 30.7 Å². The molecule has 1 saturated heterocycles. The molecule has 1 atom stereocenters. The lowest BCUT2D eigenvalue weighted by Crippen LogP contribution is -2.16. The van der Waals surface area contributed by atoms with Crippen LogP contribution in [0.5, 0.6) is 0 Å². The molecule has 0 N–H and O–H groups in total. The van der Waals surface area contributed by atoms with E-state index in [0.29, 0.717) is 4.90 Å². The van der Waals surface area contributed by atoms with Crippen molar-refractivity contribution in [1.82, 2.24) is 0 Å². The molecule has 1 unspecified atom stereocenters. The van der Waals surface area contributed by atoms with E-state index in [2.05, 4.69) is 0 Å². The van der Waals surface area contributed by atoms with E-state index < -0.39 is 9.84 Å². The third kappa shape index (κ3) is 2.54. The smallest absolute Gasteiger partial charge is 0.306 e. The Bertz CT molecular complexity index is 764. The zero-order chi connectivity index (χ0) is 14.2. The van der Waals surface area contributed by atoms with Gasteiger partial charge in [-0.3, -0.25) is 4.79 Å². The van der Waals surface area contributed by atoms with Crippen LogP contribution >= 0.6 is 0 Å². The average Bonchev–Trinajstić information content (AvgIpc) is 2.83. The first-order valence-corrected chi connectivity index (χ1v) is 8.07. The molecule has 104 valence electrons. The fourth-order valence-electron chi connectivity index (χ4n) is 2.44. The summed E-state index contributed by atoms with van der Waals surface area (Å²) in [6.07, 6.45) is 0.187. The van der Waals surface area contributed by atoms with Gasteiger partial charge in [0, 0.05) is 5.92 Å². The molecule has 0 amide bonds. The SMILES string of the molecule is O=C1CC(CS(=O)(=O)c2ccc3ccccc3c2)CO1. The minimum Gasteiger partial charge on any atom is -0.465 e. The van der Waals surface area contributed by atoms with E-state index in [9.17, 15) is 13.2 Å². The van der Waals surface area contributed by atoms with Gasteiger partial charge in [-0.25, -0.2) is 8.42 Å². The van der Waals surface area contributed by atoms with Gasteiger partial charge in [-0.15, -0.1) is 0 Å². The topological polar surface area (TPSA) is 60.4 Å². The van der Waals surface area contributed by atoms with E-state index >= 15 is 0 Å². The summed E-state index contributed by atoms with van der Waals surface area (Å²) in [6, 6.07) is 12.7. The Labute approximate surface area is 117 Å². The van der Waals surface area contributed by atoms with Crippen LogP contribution in [0.15, 0.2) is 47.4 Å². The molecule has 2 aromatic rings. The van der Waals surface area contributed by atoms with Gasteiger partial charge in [0.15, 0.2) is 9.84 Å². The van der Waals surface area contributed by atoms with Crippen molar-refractivity contribution in [2.75, 3.05) is 12.4 Å². The highest BCUT2D eigenvalue weighted by atomic mass is 32.2. The Morgan fingerprint density at radius 2 is 1.85 bits per heavy atom.